The minimum atomic E-state index is 0.192. The van der Waals surface area contributed by atoms with Crippen LogP contribution >= 0.6 is 0 Å². The molecule has 1 fully saturated rings. The summed E-state index contributed by atoms with van der Waals surface area (Å²) in [6.07, 6.45) is 3.38. The van der Waals surface area contributed by atoms with Crippen molar-refractivity contribution in [2.75, 3.05) is 63.3 Å². The maximum absolute atomic E-state index is 5.97. The van der Waals surface area contributed by atoms with E-state index in [0.29, 0.717) is 12.0 Å². The maximum Gasteiger partial charge on any atom is 0.125 e. The Morgan fingerprint density at radius 1 is 1.13 bits per heavy atom. The molecule has 0 spiro atoms. The number of nitrogens with zero attached hydrogens (tertiary/aromatic N) is 3. The van der Waals surface area contributed by atoms with E-state index in [9.17, 15) is 0 Å². The first-order valence-corrected chi connectivity index (χ1v) is 11.8. The Balaban J connectivity index is 1.19. The summed E-state index contributed by atoms with van der Waals surface area (Å²) in [5, 5.41) is 0. The zero-order valence-corrected chi connectivity index (χ0v) is 18.7. The second-order valence-corrected chi connectivity index (χ2v) is 9.62. The lowest BCUT2D eigenvalue weighted by molar-refractivity contribution is 0.0523. The number of fused-ring (bicyclic) bond motifs is 4. The van der Waals surface area contributed by atoms with E-state index in [0.717, 1.165) is 57.9 Å². The first-order valence-electron chi connectivity index (χ1n) is 11.8. The molecular weight excluding hydrogens is 386 g/mol. The molecule has 0 amide bonds. The van der Waals surface area contributed by atoms with Gasteiger partial charge in [-0.1, -0.05) is 30.3 Å². The molecule has 0 bridgehead atoms. The number of rotatable bonds is 5. The van der Waals surface area contributed by atoms with Gasteiger partial charge in [-0.15, -0.1) is 0 Å². The Morgan fingerprint density at radius 2 is 2.03 bits per heavy atom. The van der Waals surface area contributed by atoms with Gasteiger partial charge >= 0.3 is 0 Å². The quantitative estimate of drug-likeness (QED) is 0.742. The van der Waals surface area contributed by atoms with E-state index in [-0.39, 0.29) is 6.10 Å². The van der Waals surface area contributed by atoms with Gasteiger partial charge < -0.3 is 19.3 Å². The number of benzene rings is 2. The molecule has 1 saturated heterocycles. The molecule has 3 atom stereocenters. The number of anilines is 2. The molecule has 0 aromatic heterocycles. The predicted molar refractivity (Wildman–Crippen MR) is 125 cm³/mol. The van der Waals surface area contributed by atoms with Gasteiger partial charge in [0.05, 0.1) is 24.1 Å². The number of methoxy groups -OCH3 is 1. The molecule has 0 radical (unpaired) electrons. The van der Waals surface area contributed by atoms with Gasteiger partial charge in [0.2, 0.25) is 0 Å². The first kappa shape index (κ1) is 19.4. The zero-order valence-electron chi connectivity index (χ0n) is 18.7. The highest BCUT2D eigenvalue weighted by Crippen LogP contribution is 2.50. The molecule has 5 heteroatoms. The van der Waals surface area contributed by atoms with E-state index in [2.05, 4.69) is 58.1 Å². The van der Waals surface area contributed by atoms with E-state index in [1.54, 1.807) is 5.56 Å². The molecular formula is C26H33N3O2. The van der Waals surface area contributed by atoms with E-state index >= 15 is 0 Å². The Labute approximate surface area is 185 Å². The SMILES string of the molecule is COC(Cc1cccc2c1OCC2)CN1CC[C@H]2[C@@H](C1)c1cccc3c1N2CCN3C. The molecule has 0 N–H and O–H groups in total. The highest BCUT2D eigenvalue weighted by Gasteiger charge is 2.44. The largest absolute Gasteiger partial charge is 0.493 e. The molecule has 2 aromatic rings. The van der Waals surface area contributed by atoms with Crippen molar-refractivity contribution in [1.82, 2.24) is 4.90 Å². The van der Waals surface area contributed by atoms with Crippen LogP contribution in [-0.4, -0.2) is 70.5 Å². The average Bonchev–Trinajstić information content (AvgIpc) is 3.40. The number of ether oxygens (including phenoxy) is 2. The van der Waals surface area contributed by atoms with E-state index in [1.165, 1.54) is 28.9 Å². The van der Waals surface area contributed by atoms with Crippen molar-refractivity contribution in [3.05, 3.63) is 53.1 Å². The van der Waals surface area contributed by atoms with Gasteiger partial charge in [0, 0.05) is 71.7 Å². The third kappa shape index (κ3) is 3.21. The Hall–Kier alpha value is -2.24. The molecule has 1 unspecified atom stereocenters. The van der Waals surface area contributed by atoms with Crippen molar-refractivity contribution in [3.8, 4) is 5.75 Å². The van der Waals surface area contributed by atoms with Crippen LogP contribution in [-0.2, 0) is 17.6 Å². The number of likely N-dealkylation sites (N-methyl/N-ethyl adjacent to an activating group) is 1. The summed E-state index contributed by atoms with van der Waals surface area (Å²) in [4.78, 5) is 7.78. The number of piperidine rings is 1. The molecule has 0 saturated carbocycles. The van der Waals surface area contributed by atoms with Crippen LogP contribution in [0.3, 0.4) is 0 Å². The lowest BCUT2D eigenvalue weighted by Crippen LogP contribution is -2.50. The molecule has 4 aliphatic rings. The number of hydrogen-bond donors (Lipinski definition) is 0. The summed E-state index contributed by atoms with van der Waals surface area (Å²) < 4.78 is 11.9. The fourth-order valence-electron chi connectivity index (χ4n) is 6.34. The average molecular weight is 420 g/mol. The minimum absolute atomic E-state index is 0.192. The maximum atomic E-state index is 5.97. The fourth-order valence-corrected chi connectivity index (χ4v) is 6.34. The van der Waals surface area contributed by atoms with Crippen molar-refractivity contribution >= 4 is 11.4 Å². The van der Waals surface area contributed by atoms with Gasteiger partial charge in [-0.2, -0.15) is 0 Å². The summed E-state index contributed by atoms with van der Waals surface area (Å²) in [6, 6.07) is 14.2. The normalized spacial score (nSPS) is 25.1. The van der Waals surface area contributed by atoms with Crippen LogP contribution in [0.4, 0.5) is 11.4 Å². The Bertz CT molecular complexity index is 977. The molecule has 5 nitrogen and oxygen atoms in total. The lowest BCUT2D eigenvalue weighted by Gasteiger charge is -2.42. The van der Waals surface area contributed by atoms with Crippen molar-refractivity contribution in [2.24, 2.45) is 0 Å². The van der Waals surface area contributed by atoms with Crippen molar-refractivity contribution in [1.29, 1.82) is 0 Å². The van der Waals surface area contributed by atoms with Crippen molar-refractivity contribution in [2.45, 2.75) is 37.3 Å². The van der Waals surface area contributed by atoms with Crippen LogP contribution in [0.1, 0.15) is 29.0 Å². The number of hydrogen-bond acceptors (Lipinski definition) is 5. The summed E-state index contributed by atoms with van der Waals surface area (Å²) >= 11 is 0. The second-order valence-electron chi connectivity index (χ2n) is 9.62. The smallest absolute Gasteiger partial charge is 0.125 e. The van der Waals surface area contributed by atoms with Crippen LogP contribution in [0, 0.1) is 0 Å². The minimum Gasteiger partial charge on any atom is -0.493 e. The van der Waals surface area contributed by atoms with Gasteiger partial charge in [0.15, 0.2) is 0 Å². The highest BCUT2D eigenvalue weighted by atomic mass is 16.5. The summed E-state index contributed by atoms with van der Waals surface area (Å²) in [5.74, 6) is 1.72. The first-order chi connectivity index (χ1) is 15.2. The van der Waals surface area contributed by atoms with Crippen molar-refractivity contribution in [3.63, 3.8) is 0 Å². The summed E-state index contributed by atoms with van der Waals surface area (Å²) in [6.45, 7) is 6.36. The molecule has 4 aliphatic heterocycles. The number of likely N-dealkylation sites (tertiary alicyclic amines) is 1. The van der Waals surface area contributed by atoms with Gasteiger partial charge in [0.1, 0.15) is 5.75 Å². The van der Waals surface area contributed by atoms with Crippen molar-refractivity contribution < 1.29 is 9.47 Å². The standard InChI is InChI=1S/C26H33N3O2/c1-27-12-13-29-23-9-11-28(17-22(23)21-7-4-8-24(27)25(21)29)16-20(30-2)15-19-6-3-5-18-10-14-31-26(18)19/h3-8,20,22-23H,9-17H2,1-2H3/t20?,22-,23-/m0/s1. The third-order valence-electron chi connectivity index (χ3n) is 7.92. The lowest BCUT2D eigenvalue weighted by atomic mass is 9.88. The van der Waals surface area contributed by atoms with Gasteiger partial charge in [-0.3, -0.25) is 4.90 Å². The van der Waals surface area contributed by atoms with Crippen LogP contribution in [0.5, 0.6) is 5.75 Å². The zero-order chi connectivity index (χ0) is 20.9. The van der Waals surface area contributed by atoms with E-state index < -0.39 is 0 Å². The van der Waals surface area contributed by atoms with Crippen LogP contribution in [0.15, 0.2) is 36.4 Å². The monoisotopic (exact) mass is 419 g/mol. The topological polar surface area (TPSA) is 28.2 Å². The molecule has 31 heavy (non-hydrogen) atoms. The summed E-state index contributed by atoms with van der Waals surface area (Å²) in [7, 11) is 4.09. The molecule has 164 valence electrons. The van der Waals surface area contributed by atoms with E-state index in [1.807, 2.05) is 7.11 Å². The molecule has 0 aliphatic carbocycles. The summed E-state index contributed by atoms with van der Waals surface area (Å²) in [5.41, 5.74) is 7.13. The van der Waals surface area contributed by atoms with Crippen LogP contribution in [0.25, 0.3) is 0 Å². The Kier molecular flexibility index (Phi) is 4.84. The van der Waals surface area contributed by atoms with Gasteiger partial charge in [0.25, 0.3) is 0 Å². The second kappa shape index (κ2) is 7.72. The predicted octanol–water partition coefficient (Wildman–Crippen LogP) is 3.31. The number of para-hydroxylation sites is 2. The molecule has 4 heterocycles. The van der Waals surface area contributed by atoms with Gasteiger partial charge in [-0.05, 0) is 29.2 Å². The highest BCUT2D eigenvalue weighted by molar-refractivity contribution is 5.80. The van der Waals surface area contributed by atoms with E-state index in [4.69, 9.17) is 9.47 Å². The molecule has 2 aromatic carbocycles. The van der Waals surface area contributed by atoms with Crippen LogP contribution in [0.2, 0.25) is 0 Å². The third-order valence-corrected chi connectivity index (χ3v) is 7.92. The molecule has 6 rings (SSSR count). The fraction of sp³-hybridized carbons (Fsp3) is 0.538. The van der Waals surface area contributed by atoms with Gasteiger partial charge in [-0.25, -0.2) is 0 Å². The Morgan fingerprint density at radius 3 is 2.94 bits per heavy atom. The van der Waals surface area contributed by atoms with Crippen LogP contribution < -0.4 is 14.5 Å².